The van der Waals surface area contributed by atoms with Gasteiger partial charge in [0.05, 0.1) is 28.2 Å². The first-order chi connectivity index (χ1) is 12.2. The molecule has 0 aliphatic rings. The Labute approximate surface area is 170 Å². The summed E-state index contributed by atoms with van der Waals surface area (Å²) in [5.41, 5.74) is 3.29. The fourth-order valence-electron chi connectivity index (χ4n) is 1.96. The van der Waals surface area contributed by atoms with Gasteiger partial charge in [0.1, 0.15) is 6.54 Å². The number of carbonyl (C=O) groups is 1. The second kappa shape index (κ2) is 8.85. The van der Waals surface area contributed by atoms with Gasteiger partial charge >= 0.3 is 0 Å². The van der Waals surface area contributed by atoms with Crippen LogP contribution < -0.4 is 9.73 Å². The number of hydrogen-bond acceptors (Lipinski definition) is 4. The van der Waals surface area contributed by atoms with Crippen molar-refractivity contribution >= 4 is 67.0 Å². The molecule has 6 nitrogen and oxygen atoms in total. The first-order valence-corrected chi connectivity index (χ1v) is 10.6. The number of hydrazone groups is 1. The summed E-state index contributed by atoms with van der Waals surface area (Å²) in [4.78, 5) is 12.1. The minimum Gasteiger partial charge on any atom is -0.271 e. The third-order valence-electron chi connectivity index (χ3n) is 3.18. The molecule has 0 unspecified atom stereocenters. The molecular formula is C16H14BrCl2N3O3S. The van der Waals surface area contributed by atoms with Crippen LogP contribution in [0.3, 0.4) is 0 Å². The van der Waals surface area contributed by atoms with Gasteiger partial charge in [0, 0.05) is 10.0 Å². The monoisotopic (exact) mass is 477 g/mol. The lowest BCUT2D eigenvalue weighted by Crippen LogP contribution is -2.39. The number of hydrogen-bond donors (Lipinski definition) is 1. The van der Waals surface area contributed by atoms with Gasteiger partial charge in [-0.2, -0.15) is 5.10 Å². The van der Waals surface area contributed by atoms with Crippen LogP contribution in [-0.4, -0.2) is 33.3 Å². The van der Waals surface area contributed by atoms with Crippen LogP contribution in [0.15, 0.2) is 52.0 Å². The molecule has 2 aromatic carbocycles. The van der Waals surface area contributed by atoms with Crippen LogP contribution in [0.2, 0.25) is 10.0 Å². The molecule has 0 aromatic heterocycles. The number of rotatable bonds is 6. The largest absolute Gasteiger partial charge is 0.271 e. The fraction of sp³-hybridized carbons (Fsp3) is 0.125. The van der Waals surface area contributed by atoms with Crippen molar-refractivity contribution in [3.05, 3.63) is 62.5 Å². The molecule has 0 saturated heterocycles. The fourth-order valence-corrected chi connectivity index (χ4v) is 3.49. The van der Waals surface area contributed by atoms with Gasteiger partial charge in [-0.3, -0.25) is 9.10 Å². The molecule has 0 bridgehead atoms. The predicted octanol–water partition coefficient (Wildman–Crippen LogP) is 3.67. The highest BCUT2D eigenvalue weighted by atomic mass is 79.9. The zero-order valence-electron chi connectivity index (χ0n) is 13.5. The first kappa shape index (κ1) is 20.7. The molecule has 0 heterocycles. The van der Waals surface area contributed by atoms with Crippen LogP contribution >= 0.6 is 39.1 Å². The number of sulfonamides is 1. The molecular weight excluding hydrogens is 465 g/mol. The summed E-state index contributed by atoms with van der Waals surface area (Å²) in [6.07, 6.45) is 2.44. The van der Waals surface area contributed by atoms with E-state index in [1.165, 1.54) is 24.4 Å². The second-order valence-corrected chi connectivity index (χ2v) is 8.76. The third kappa shape index (κ3) is 5.70. The molecule has 2 aromatic rings. The highest BCUT2D eigenvalue weighted by molar-refractivity contribution is 9.10. The van der Waals surface area contributed by atoms with Crippen molar-refractivity contribution in [3.8, 4) is 0 Å². The summed E-state index contributed by atoms with van der Waals surface area (Å²) in [5.74, 6) is -0.607. The number of benzene rings is 2. The zero-order chi connectivity index (χ0) is 19.3. The molecule has 0 spiro atoms. The molecule has 0 fully saturated rings. The van der Waals surface area contributed by atoms with Crippen LogP contribution in [0.5, 0.6) is 0 Å². The minimum absolute atomic E-state index is 0.185. The van der Waals surface area contributed by atoms with Crippen LogP contribution in [0, 0.1) is 0 Å². The van der Waals surface area contributed by atoms with Crippen LogP contribution in [0.4, 0.5) is 5.69 Å². The van der Waals surface area contributed by atoms with Gasteiger partial charge in [0.25, 0.3) is 5.91 Å². The molecule has 1 N–H and O–H groups in total. The summed E-state index contributed by atoms with van der Waals surface area (Å²) in [7, 11) is -3.72. The molecule has 2 rings (SSSR count). The van der Waals surface area contributed by atoms with Crippen molar-refractivity contribution in [2.75, 3.05) is 17.1 Å². The highest BCUT2D eigenvalue weighted by Gasteiger charge is 2.21. The van der Waals surface area contributed by atoms with E-state index in [0.29, 0.717) is 0 Å². The Kier molecular flexibility index (Phi) is 7.05. The number of anilines is 1. The van der Waals surface area contributed by atoms with Crippen LogP contribution in [0.25, 0.3) is 0 Å². The molecule has 138 valence electrons. The Morgan fingerprint density at radius 3 is 2.54 bits per heavy atom. The van der Waals surface area contributed by atoms with Gasteiger partial charge < -0.3 is 0 Å². The predicted molar refractivity (Wildman–Crippen MR) is 109 cm³/mol. The average Bonchev–Trinajstić information content (AvgIpc) is 2.56. The van der Waals surface area contributed by atoms with E-state index in [-0.39, 0.29) is 15.7 Å². The molecule has 0 atom stereocenters. The standard InChI is InChI=1S/C16H14BrCl2N3O3S/c1-26(24,25)22(12-6-7-14(18)15(19)8-12)10-16(23)21-20-9-11-4-2-3-5-13(11)17/h2-9H,10H2,1H3,(H,21,23)/b20-9-. The molecule has 0 aliphatic carbocycles. The maximum Gasteiger partial charge on any atom is 0.260 e. The number of halogens is 3. The lowest BCUT2D eigenvalue weighted by Gasteiger charge is -2.21. The quantitative estimate of drug-likeness (QED) is 0.508. The first-order valence-electron chi connectivity index (χ1n) is 7.17. The summed E-state index contributed by atoms with van der Waals surface area (Å²) < 4.78 is 25.8. The average molecular weight is 479 g/mol. The van der Waals surface area contributed by atoms with E-state index >= 15 is 0 Å². The lowest BCUT2D eigenvalue weighted by atomic mass is 10.2. The summed E-state index contributed by atoms with van der Waals surface area (Å²) in [6, 6.07) is 11.6. The smallest absolute Gasteiger partial charge is 0.260 e. The lowest BCUT2D eigenvalue weighted by molar-refractivity contribution is -0.119. The number of amides is 1. The van der Waals surface area contributed by atoms with Crippen molar-refractivity contribution in [3.63, 3.8) is 0 Å². The molecule has 1 amide bonds. The van der Waals surface area contributed by atoms with Gasteiger partial charge in [-0.15, -0.1) is 0 Å². The molecule has 0 aliphatic heterocycles. The zero-order valence-corrected chi connectivity index (χ0v) is 17.4. The summed E-state index contributed by atoms with van der Waals surface area (Å²) in [6.45, 7) is -0.454. The Balaban J connectivity index is 2.12. The summed E-state index contributed by atoms with van der Waals surface area (Å²) in [5, 5.41) is 4.31. The Morgan fingerprint density at radius 1 is 1.23 bits per heavy atom. The number of nitrogens with zero attached hydrogens (tertiary/aromatic N) is 2. The second-order valence-electron chi connectivity index (χ2n) is 5.18. The maximum atomic E-state index is 12.1. The van der Waals surface area contributed by atoms with Crippen molar-refractivity contribution in [1.29, 1.82) is 0 Å². The van der Waals surface area contributed by atoms with Gasteiger partial charge in [-0.1, -0.05) is 57.3 Å². The Bertz CT molecular complexity index is 952. The topological polar surface area (TPSA) is 78.8 Å². The van der Waals surface area contributed by atoms with Crippen molar-refractivity contribution in [2.24, 2.45) is 5.10 Å². The number of carbonyl (C=O) groups excluding carboxylic acids is 1. The van der Waals surface area contributed by atoms with E-state index in [1.807, 2.05) is 18.2 Å². The Hall–Kier alpha value is -1.61. The van der Waals surface area contributed by atoms with Crippen LogP contribution in [0.1, 0.15) is 5.56 Å². The molecule has 10 heteroatoms. The highest BCUT2D eigenvalue weighted by Crippen LogP contribution is 2.28. The molecule has 0 saturated carbocycles. The summed E-state index contributed by atoms with van der Waals surface area (Å²) >= 11 is 15.1. The third-order valence-corrected chi connectivity index (χ3v) is 5.78. The minimum atomic E-state index is -3.72. The van der Waals surface area contributed by atoms with E-state index in [1.54, 1.807) is 6.07 Å². The van der Waals surface area contributed by atoms with E-state index in [2.05, 4.69) is 26.5 Å². The maximum absolute atomic E-state index is 12.1. The van der Waals surface area contributed by atoms with Gasteiger partial charge in [-0.05, 0) is 24.3 Å². The van der Waals surface area contributed by atoms with E-state index < -0.39 is 22.5 Å². The van der Waals surface area contributed by atoms with E-state index in [9.17, 15) is 13.2 Å². The molecule has 26 heavy (non-hydrogen) atoms. The van der Waals surface area contributed by atoms with Gasteiger partial charge in [0.2, 0.25) is 10.0 Å². The van der Waals surface area contributed by atoms with E-state index in [0.717, 1.165) is 20.6 Å². The normalized spacial score (nSPS) is 11.5. The van der Waals surface area contributed by atoms with Crippen molar-refractivity contribution in [1.82, 2.24) is 5.43 Å². The Morgan fingerprint density at radius 2 is 1.92 bits per heavy atom. The molecule has 0 radical (unpaired) electrons. The van der Waals surface area contributed by atoms with E-state index in [4.69, 9.17) is 23.2 Å². The SMILES string of the molecule is CS(=O)(=O)N(CC(=O)N/N=C\c1ccccc1Br)c1ccc(Cl)c(Cl)c1. The van der Waals surface area contributed by atoms with Gasteiger partial charge in [-0.25, -0.2) is 13.8 Å². The van der Waals surface area contributed by atoms with Crippen molar-refractivity contribution in [2.45, 2.75) is 0 Å². The van der Waals surface area contributed by atoms with Crippen LogP contribution in [-0.2, 0) is 14.8 Å². The van der Waals surface area contributed by atoms with Crippen molar-refractivity contribution < 1.29 is 13.2 Å². The number of nitrogens with one attached hydrogen (secondary N) is 1. The van der Waals surface area contributed by atoms with Gasteiger partial charge in [0.15, 0.2) is 0 Å².